The molecule has 148 valence electrons. The average molecular weight is 440 g/mol. The number of hydrogen-bond acceptors (Lipinski definition) is 2. The van der Waals surface area contributed by atoms with Crippen LogP contribution in [0.1, 0.15) is 11.1 Å². The van der Waals surface area contributed by atoms with Crippen molar-refractivity contribution in [1.29, 1.82) is 0 Å². The Morgan fingerprint density at radius 3 is 1.85 bits per heavy atom. The number of sulfonamides is 1. The van der Waals surface area contributed by atoms with Crippen LogP contribution in [0, 0.1) is 29.1 Å². The number of rotatable bonds is 4. The molecule has 0 radical (unpaired) electrons. The van der Waals surface area contributed by atoms with Gasteiger partial charge in [0.1, 0.15) is 0 Å². The molecule has 0 saturated heterocycles. The molecule has 1 N–H and O–H groups in total. The van der Waals surface area contributed by atoms with Crippen molar-refractivity contribution in [3.05, 3.63) is 63.4 Å². The molecule has 2 aromatic carbocycles. The molecule has 0 saturated carbocycles. The number of benzene rings is 2. The highest BCUT2D eigenvalue weighted by atomic mass is 35.5. The number of hydrogen-bond donors (Lipinski definition) is 1. The highest BCUT2D eigenvalue weighted by Gasteiger charge is 2.35. The van der Waals surface area contributed by atoms with E-state index in [1.807, 2.05) is 0 Å². The maximum Gasteiger partial charge on any atom is 0.417 e. The first-order chi connectivity index (χ1) is 12.3. The van der Waals surface area contributed by atoms with Crippen molar-refractivity contribution >= 4 is 21.6 Å². The predicted octanol–water partition coefficient (Wildman–Crippen LogP) is 4.53. The minimum atomic E-state index is -5.30. The van der Waals surface area contributed by atoms with Gasteiger partial charge in [0.25, 0.3) is 0 Å². The molecule has 0 bridgehead atoms. The van der Waals surface area contributed by atoms with Gasteiger partial charge in [0.15, 0.2) is 28.2 Å². The lowest BCUT2D eigenvalue weighted by Gasteiger charge is -2.13. The van der Waals surface area contributed by atoms with E-state index >= 15 is 0 Å². The Morgan fingerprint density at radius 2 is 1.37 bits per heavy atom. The third kappa shape index (κ3) is 4.17. The van der Waals surface area contributed by atoms with E-state index in [2.05, 4.69) is 0 Å². The Labute approximate surface area is 151 Å². The summed E-state index contributed by atoms with van der Waals surface area (Å²) in [4.78, 5) is -2.15. The maximum absolute atomic E-state index is 13.6. The van der Waals surface area contributed by atoms with Crippen molar-refractivity contribution < 1.29 is 43.5 Å². The Kier molecular flexibility index (Phi) is 5.74. The molecule has 13 heteroatoms. The monoisotopic (exact) mass is 439 g/mol. The zero-order valence-electron chi connectivity index (χ0n) is 12.6. The molecule has 0 aliphatic rings. The molecule has 0 heterocycles. The summed E-state index contributed by atoms with van der Waals surface area (Å²) >= 11 is 5.38. The van der Waals surface area contributed by atoms with Crippen molar-refractivity contribution in [1.82, 2.24) is 4.72 Å². The lowest BCUT2D eigenvalue weighted by atomic mass is 10.1. The molecule has 0 unspecified atom stereocenters. The van der Waals surface area contributed by atoms with Crippen molar-refractivity contribution in [3.63, 3.8) is 0 Å². The fraction of sp³-hybridized carbons (Fsp3) is 0.143. The first-order valence-electron chi connectivity index (χ1n) is 6.64. The van der Waals surface area contributed by atoms with Crippen LogP contribution in [0.2, 0.25) is 5.02 Å². The molecular formula is C14H6ClF8NO2S. The smallest absolute Gasteiger partial charge is 0.207 e. The molecule has 0 amide bonds. The largest absolute Gasteiger partial charge is 0.417 e. The van der Waals surface area contributed by atoms with Crippen molar-refractivity contribution in [2.45, 2.75) is 17.6 Å². The SMILES string of the molecule is O=S(=O)(NCc1ccc(Cl)c(C(F)(F)F)c1)c1c(F)c(F)c(F)c(F)c1F. The summed E-state index contributed by atoms with van der Waals surface area (Å²) in [7, 11) is -5.30. The lowest BCUT2D eigenvalue weighted by Crippen LogP contribution is -2.27. The quantitative estimate of drug-likeness (QED) is 0.432. The third-order valence-corrected chi connectivity index (χ3v) is 4.99. The second kappa shape index (κ2) is 7.24. The Bertz CT molecular complexity index is 978. The summed E-state index contributed by atoms with van der Waals surface area (Å²) in [5.41, 5.74) is -1.64. The first kappa shape index (κ1) is 21.4. The number of nitrogens with one attached hydrogen (secondary N) is 1. The van der Waals surface area contributed by atoms with Crippen molar-refractivity contribution in [2.24, 2.45) is 0 Å². The summed E-state index contributed by atoms with van der Waals surface area (Å²) in [6, 6.07) is 2.23. The van der Waals surface area contributed by atoms with E-state index in [1.165, 1.54) is 4.72 Å². The molecule has 27 heavy (non-hydrogen) atoms. The second-order valence-corrected chi connectivity index (χ2v) is 7.15. The van der Waals surface area contributed by atoms with E-state index in [9.17, 15) is 43.5 Å². The summed E-state index contributed by atoms with van der Waals surface area (Å²) in [5, 5.41) is -0.686. The molecule has 0 atom stereocenters. The van der Waals surface area contributed by atoms with Crippen LogP contribution in [-0.4, -0.2) is 8.42 Å². The van der Waals surface area contributed by atoms with Crippen molar-refractivity contribution in [2.75, 3.05) is 0 Å². The van der Waals surface area contributed by atoms with Crippen LogP contribution >= 0.6 is 11.6 Å². The summed E-state index contributed by atoms with van der Waals surface area (Å²) in [5.74, 6) is -12.7. The molecule has 0 aliphatic heterocycles. The van der Waals surface area contributed by atoms with Gasteiger partial charge in [-0.15, -0.1) is 0 Å². The van der Waals surface area contributed by atoms with Gasteiger partial charge in [0.05, 0.1) is 10.6 Å². The highest BCUT2D eigenvalue weighted by molar-refractivity contribution is 7.89. The third-order valence-electron chi connectivity index (χ3n) is 3.24. The fourth-order valence-corrected chi connectivity index (χ4v) is 3.35. The van der Waals surface area contributed by atoms with Crippen LogP contribution < -0.4 is 4.72 Å². The van der Waals surface area contributed by atoms with Gasteiger partial charge in [-0.2, -0.15) is 13.2 Å². The zero-order chi connectivity index (χ0) is 20.7. The van der Waals surface area contributed by atoms with Gasteiger partial charge >= 0.3 is 6.18 Å². The molecule has 3 nitrogen and oxygen atoms in total. The van der Waals surface area contributed by atoms with E-state index < -0.39 is 67.3 Å². The summed E-state index contributed by atoms with van der Waals surface area (Å²) < 4.78 is 130. The molecular weight excluding hydrogens is 434 g/mol. The summed E-state index contributed by atoms with van der Waals surface area (Å²) in [6.07, 6.45) is -4.87. The molecule has 0 aromatic heterocycles. The normalized spacial score (nSPS) is 12.5. The predicted molar refractivity (Wildman–Crippen MR) is 76.7 cm³/mol. The van der Waals surface area contributed by atoms with E-state index in [0.29, 0.717) is 6.07 Å². The highest BCUT2D eigenvalue weighted by Crippen LogP contribution is 2.35. The van der Waals surface area contributed by atoms with Crippen LogP contribution in [0.4, 0.5) is 35.1 Å². The second-order valence-electron chi connectivity index (χ2n) is 5.04. The molecule has 0 spiro atoms. The van der Waals surface area contributed by atoms with E-state index in [0.717, 1.165) is 12.1 Å². The molecule has 0 aliphatic carbocycles. The van der Waals surface area contributed by atoms with Crippen LogP contribution in [0.15, 0.2) is 23.1 Å². The van der Waals surface area contributed by atoms with Crippen LogP contribution in [-0.2, 0) is 22.7 Å². The van der Waals surface area contributed by atoms with Gasteiger partial charge in [-0.1, -0.05) is 17.7 Å². The van der Waals surface area contributed by atoms with E-state index in [-0.39, 0.29) is 5.56 Å². The Hall–Kier alpha value is -1.92. The lowest BCUT2D eigenvalue weighted by molar-refractivity contribution is -0.137. The molecule has 2 rings (SSSR count). The Morgan fingerprint density at radius 1 is 0.889 bits per heavy atom. The van der Waals surface area contributed by atoms with Gasteiger partial charge in [-0.3, -0.25) is 0 Å². The first-order valence-corrected chi connectivity index (χ1v) is 8.50. The van der Waals surface area contributed by atoms with Gasteiger partial charge in [-0.25, -0.2) is 35.1 Å². The standard InChI is InChI=1S/C14H6ClF8NO2S/c15-7-2-1-5(3-6(7)14(21,22)23)4-24-27(25,26)13-11(19)9(17)8(16)10(18)12(13)20/h1-3,24H,4H2. The van der Waals surface area contributed by atoms with Crippen molar-refractivity contribution in [3.8, 4) is 0 Å². The van der Waals surface area contributed by atoms with Crippen LogP contribution in [0.3, 0.4) is 0 Å². The topological polar surface area (TPSA) is 46.2 Å². The van der Waals surface area contributed by atoms with Gasteiger partial charge < -0.3 is 0 Å². The molecule has 0 fully saturated rings. The average Bonchev–Trinajstić information content (AvgIpc) is 2.56. The van der Waals surface area contributed by atoms with E-state index in [4.69, 9.17) is 11.6 Å². The number of halogens is 9. The minimum Gasteiger partial charge on any atom is -0.207 e. The minimum absolute atomic E-state index is 0.334. The van der Waals surface area contributed by atoms with Gasteiger partial charge in [0, 0.05) is 6.54 Å². The van der Waals surface area contributed by atoms with Gasteiger partial charge in [-0.05, 0) is 17.7 Å². The van der Waals surface area contributed by atoms with E-state index in [1.54, 1.807) is 0 Å². The maximum atomic E-state index is 13.6. The van der Waals surface area contributed by atoms with Crippen LogP contribution in [0.25, 0.3) is 0 Å². The fourth-order valence-electron chi connectivity index (χ4n) is 1.97. The number of alkyl halides is 3. The zero-order valence-corrected chi connectivity index (χ0v) is 14.1. The van der Waals surface area contributed by atoms with Crippen LogP contribution in [0.5, 0.6) is 0 Å². The molecule has 2 aromatic rings. The van der Waals surface area contributed by atoms with Gasteiger partial charge in [0.2, 0.25) is 15.8 Å². The Balaban J connectivity index is 2.40. The summed E-state index contributed by atoms with van der Waals surface area (Å²) in [6.45, 7) is -0.942.